The number of pyridine rings is 1. The molecular weight excluding hydrogens is 256 g/mol. The molecule has 2 aromatic heterocycles. The van der Waals surface area contributed by atoms with Gasteiger partial charge >= 0.3 is 0 Å². The summed E-state index contributed by atoms with van der Waals surface area (Å²) in [7, 11) is 0. The minimum absolute atomic E-state index is 0.570. The Balaban J connectivity index is 2.16. The molecule has 2 heterocycles. The summed E-state index contributed by atoms with van der Waals surface area (Å²) >= 11 is 7.36. The molecule has 4 nitrogen and oxygen atoms in total. The maximum Gasteiger partial charge on any atom is 0.202 e. The monoisotopic (exact) mass is 268 g/mol. The van der Waals surface area contributed by atoms with Crippen LogP contribution in [0, 0.1) is 5.92 Å². The zero-order valence-electron chi connectivity index (χ0n) is 9.64. The lowest BCUT2D eigenvalue weighted by atomic mass is 10.2. The first kappa shape index (κ1) is 12.3. The number of hydrogen-bond donors (Lipinski definition) is 1. The molecule has 0 spiro atoms. The Morgan fingerprint density at radius 2 is 2.29 bits per heavy atom. The predicted molar refractivity (Wildman–Crippen MR) is 71.5 cm³/mol. The fraction of sp³-hybridized carbons (Fsp3) is 0.364. The van der Waals surface area contributed by atoms with Gasteiger partial charge in [-0.2, -0.15) is 9.36 Å². The van der Waals surface area contributed by atoms with Crippen LogP contribution in [0.25, 0.3) is 11.5 Å². The van der Waals surface area contributed by atoms with Crippen LogP contribution < -0.4 is 5.32 Å². The number of aromatic nitrogens is 3. The van der Waals surface area contributed by atoms with E-state index in [1.54, 1.807) is 18.3 Å². The van der Waals surface area contributed by atoms with E-state index in [1.807, 2.05) is 0 Å². The van der Waals surface area contributed by atoms with Crippen molar-refractivity contribution in [3.05, 3.63) is 23.4 Å². The maximum atomic E-state index is 6.04. The normalized spacial score (nSPS) is 10.8. The quantitative estimate of drug-likeness (QED) is 0.924. The third-order valence-electron chi connectivity index (χ3n) is 2.06. The predicted octanol–water partition coefficient (Wildman–Crippen LogP) is 3.32. The Bertz CT molecular complexity index is 498. The van der Waals surface area contributed by atoms with Gasteiger partial charge in [0.25, 0.3) is 0 Å². The molecule has 2 rings (SSSR count). The van der Waals surface area contributed by atoms with E-state index in [1.165, 1.54) is 11.5 Å². The van der Waals surface area contributed by atoms with Gasteiger partial charge < -0.3 is 5.32 Å². The van der Waals surface area contributed by atoms with Gasteiger partial charge in [-0.25, -0.2) is 0 Å². The van der Waals surface area contributed by atoms with Crippen LogP contribution in [0.5, 0.6) is 0 Å². The molecule has 0 radical (unpaired) electrons. The smallest absolute Gasteiger partial charge is 0.202 e. The third kappa shape index (κ3) is 3.14. The molecule has 0 fully saturated rings. The average molecular weight is 269 g/mol. The molecule has 0 aromatic carbocycles. The van der Waals surface area contributed by atoms with Crippen LogP contribution >= 0.6 is 23.1 Å². The van der Waals surface area contributed by atoms with Crippen molar-refractivity contribution in [1.82, 2.24) is 14.3 Å². The third-order valence-corrected chi connectivity index (χ3v) is 3.04. The van der Waals surface area contributed by atoms with Crippen LogP contribution in [0.15, 0.2) is 18.3 Å². The number of rotatable bonds is 4. The van der Waals surface area contributed by atoms with E-state index in [9.17, 15) is 0 Å². The van der Waals surface area contributed by atoms with Crippen LogP contribution in [0.4, 0.5) is 5.13 Å². The topological polar surface area (TPSA) is 50.7 Å². The minimum atomic E-state index is 0.570. The summed E-state index contributed by atoms with van der Waals surface area (Å²) in [5, 5.41) is 4.60. The molecule has 17 heavy (non-hydrogen) atoms. The first-order valence-corrected chi connectivity index (χ1v) is 6.50. The molecule has 90 valence electrons. The minimum Gasteiger partial charge on any atom is -0.360 e. The fourth-order valence-corrected chi connectivity index (χ4v) is 2.01. The number of anilines is 1. The van der Waals surface area contributed by atoms with Crippen molar-refractivity contribution in [3.63, 3.8) is 0 Å². The molecule has 0 aliphatic rings. The van der Waals surface area contributed by atoms with Crippen molar-refractivity contribution in [2.24, 2.45) is 5.92 Å². The molecule has 0 bridgehead atoms. The molecule has 1 N–H and O–H groups in total. The fourth-order valence-electron chi connectivity index (χ4n) is 1.23. The van der Waals surface area contributed by atoms with Gasteiger partial charge in [-0.3, -0.25) is 4.98 Å². The van der Waals surface area contributed by atoms with Crippen molar-refractivity contribution in [2.75, 3.05) is 11.9 Å². The zero-order valence-corrected chi connectivity index (χ0v) is 11.2. The first-order valence-electron chi connectivity index (χ1n) is 5.35. The summed E-state index contributed by atoms with van der Waals surface area (Å²) in [5.74, 6) is 1.15. The van der Waals surface area contributed by atoms with Gasteiger partial charge in [-0.15, -0.1) is 0 Å². The van der Waals surface area contributed by atoms with Gasteiger partial charge in [0, 0.05) is 24.3 Å². The SMILES string of the molecule is CC(C)CNc1nc(-c2ncccc2Cl)ns1. The summed E-state index contributed by atoms with van der Waals surface area (Å²) in [5.41, 5.74) is 0.628. The second-order valence-corrected chi connectivity index (χ2v) is 5.19. The lowest BCUT2D eigenvalue weighted by Gasteiger charge is -2.03. The van der Waals surface area contributed by atoms with Crippen LogP contribution in [0.3, 0.4) is 0 Å². The van der Waals surface area contributed by atoms with Gasteiger partial charge in [0.2, 0.25) is 5.13 Å². The first-order chi connectivity index (χ1) is 8.16. The highest BCUT2D eigenvalue weighted by atomic mass is 35.5. The lowest BCUT2D eigenvalue weighted by Crippen LogP contribution is -2.07. The summed E-state index contributed by atoms with van der Waals surface area (Å²) in [6.07, 6.45) is 1.68. The van der Waals surface area contributed by atoms with Gasteiger partial charge in [0.05, 0.1) is 5.02 Å². The Labute approximate surface area is 109 Å². The van der Waals surface area contributed by atoms with E-state index in [-0.39, 0.29) is 0 Å². The van der Waals surface area contributed by atoms with Crippen molar-refractivity contribution in [2.45, 2.75) is 13.8 Å². The molecular formula is C11H13ClN4S. The van der Waals surface area contributed by atoms with Gasteiger partial charge in [0.1, 0.15) is 5.69 Å². The summed E-state index contributed by atoms with van der Waals surface area (Å²) in [4.78, 5) is 8.54. The van der Waals surface area contributed by atoms with E-state index in [2.05, 4.69) is 33.5 Å². The van der Waals surface area contributed by atoms with Crippen molar-refractivity contribution in [3.8, 4) is 11.5 Å². The summed E-state index contributed by atoms with van der Waals surface area (Å²) in [6, 6.07) is 3.57. The van der Waals surface area contributed by atoms with Gasteiger partial charge in [-0.1, -0.05) is 25.4 Å². The molecule has 0 saturated heterocycles. The Hall–Kier alpha value is -1.20. The summed E-state index contributed by atoms with van der Waals surface area (Å²) in [6.45, 7) is 5.17. The van der Waals surface area contributed by atoms with Gasteiger partial charge in [-0.05, 0) is 18.1 Å². The van der Waals surface area contributed by atoms with Crippen LogP contribution in [-0.4, -0.2) is 20.9 Å². The highest BCUT2D eigenvalue weighted by Crippen LogP contribution is 2.25. The number of hydrogen-bond acceptors (Lipinski definition) is 5. The van der Waals surface area contributed by atoms with Crippen molar-refractivity contribution >= 4 is 28.3 Å². The molecule has 0 atom stereocenters. The lowest BCUT2D eigenvalue weighted by molar-refractivity contribution is 0.688. The summed E-state index contributed by atoms with van der Waals surface area (Å²) < 4.78 is 4.25. The van der Waals surface area contributed by atoms with Crippen LogP contribution in [-0.2, 0) is 0 Å². The van der Waals surface area contributed by atoms with E-state index in [0.29, 0.717) is 22.5 Å². The van der Waals surface area contributed by atoms with E-state index < -0.39 is 0 Å². The van der Waals surface area contributed by atoms with E-state index >= 15 is 0 Å². The average Bonchev–Trinajstić information content (AvgIpc) is 2.75. The Morgan fingerprint density at radius 1 is 1.47 bits per heavy atom. The molecule has 0 unspecified atom stereocenters. The molecule has 0 saturated carbocycles. The largest absolute Gasteiger partial charge is 0.360 e. The van der Waals surface area contributed by atoms with Gasteiger partial charge in [0.15, 0.2) is 5.82 Å². The molecule has 0 aliphatic heterocycles. The van der Waals surface area contributed by atoms with Crippen LogP contribution in [0.1, 0.15) is 13.8 Å². The molecule has 6 heteroatoms. The zero-order chi connectivity index (χ0) is 12.3. The number of halogens is 1. The Kier molecular flexibility index (Phi) is 3.91. The second kappa shape index (κ2) is 5.42. The standard InChI is InChI=1S/C11H13ClN4S/c1-7(2)6-14-11-15-10(16-17-11)9-8(12)4-3-5-13-9/h3-5,7H,6H2,1-2H3,(H,14,15,16). The van der Waals surface area contributed by atoms with E-state index in [0.717, 1.165) is 11.7 Å². The van der Waals surface area contributed by atoms with Crippen LogP contribution in [0.2, 0.25) is 5.02 Å². The van der Waals surface area contributed by atoms with E-state index in [4.69, 9.17) is 11.6 Å². The van der Waals surface area contributed by atoms with Crippen molar-refractivity contribution < 1.29 is 0 Å². The van der Waals surface area contributed by atoms with Crippen molar-refractivity contribution in [1.29, 1.82) is 0 Å². The Morgan fingerprint density at radius 3 is 3.00 bits per heavy atom. The number of nitrogens with zero attached hydrogens (tertiary/aromatic N) is 3. The molecule has 0 amide bonds. The molecule has 0 aliphatic carbocycles. The number of nitrogens with one attached hydrogen (secondary N) is 1. The molecule has 2 aromatic rings. The second-order valence-electron chi connectivity index (χ2n) is 4.03. The maximum absolute atomic E-state index is 6.04. The highest BCUT2D eigenvalue weighted by Gasteiger charge is 2.10. The highest BCUT2D eigenvalue weighted by molar-refractivity contribution is 7.09.